The number of pyridine rings is 1. The number of hydrogen-bond donors (Lipinski definition) is 1. The van der Waals surface area contributed by atoms with Crippen LogP contribution in [0, 0.1) is 11.7 Å². The van der Waals surface area contributed by atoms with Crippen molar-refractivity contribution in [2.24, 2.45) is 5.92 Å². The number of para-hydroxylation sites is 2. The minimum Gasteiger partial charge on any atom is -0.497 e. The fraction of sp³-hybridized carbons (Fsp3) is 0.268. The Morgan fingerprint density at radius 3 is 2.43 bits per heavy atom. The summed E-state index contributed by atoms with van der Waals surface area (Å²) in [4.78, 5) is 38.5. The standard InChI is InChI=1S/C41H40FN5O6/c1-26-16-20-46(21-17-26)19-6-22-52-38-25-33-30(24-37(38)51-3)35(15-18-43-33)53-36-14-9-27(23-31(36)42)44-40(48)39-41(49)47(28-10-12-29(50-2)13-11-28)34-8-5-4-7-32(34)45-39/h4-5,7-15,18,23-26H,6,16-17,19-22H2,1-3H3,(H,44,48). The zero-order chi connectivity index (χ0) is 36.9. The van der Waals surface area contributed by atoms with Crippen LogP contribution in [0.15, 0.2) is 95.9 Å². The maximum absolute atomic E-state index is 15.5. The highest BCUT2D eigenvalue weighted by Gasteiger charge is 2.21. The molecular formula is C41H40FN5O6. The van der Waals surface area contributed by atoms with E-state index >= 15 is 4.39 Å². The van der Waals surface area contributed by atoms with Gasteiger partial charge in [0, 0.05) is 41.6 Å². The van der Waals surface area contributed by atoms with Crippen molar-refractivity contribution in [1.82, 2.24) is 19.4 Å². The third kappa shape index (κ3) is 7.77. The Hall–Kier alpha value is -6.01. The van der Waals surface area contributed by atoms with Crippen molar-refractivity contribution in [3.05, 3.63) is 113 Å². The SMILES string of the molecule is COc1ccc(-n2c(=O)c(C(=O)Nc3ccc(Oc4ccnc5cc(OCCCN6CCC(C)CC6)c(OC)cc45)c(F)c3)nc3ccccc32)cc1. The number of aromatic nitrogens is 3. The van der Waals surface area contributed by atoms with E-state index in [0.717, 1.165) is 38.0 Å². The summed E-state index contributed by atoms with van der Waals surface area (Å²) in [5.41, 5.74) is 1.21. The number of nitrogens with one attached hydrogen (secondary N) is 1. The number of nitrogens with zero attached hydrogens (tertiary/aromatic N) is 4. The zero-order valence-corrected chi connectivity index (χ0v) is 29.8. The van der Waals surface area contributed by atoms with Crippen molar-refractivity contribution in [2.75, 3.05) is 45.8 Å². The molecule has 3 heterocycles. The first-order valence-corrected chi connectivity index (χ1v) is 17.6. The molecule has 0 saturated carbocycles. The molecule has 1 amide bonds. The first-order valence-electron chi connectivity index (χ1n) is 17.6. The summed E-state index contributed by atoms with van der Waals surface area (Å²) in [6.07, 6.45) is 4.94. The molecule has 0 unspecified atom stereocenters. The van der Waals surface area contributed by atoms with Crippen LogP contribution in [0.2, 0.25) is 0 Å². The van der Waals surface area contributed by atoms with Crippen LogP contribution in [-0.4, -0.2) is 65.8 Å². The molecule has 0 bridgehead atoms. The molecule has 1 N–H and O–H groups in total. The molecule has 0 aliphatic carbocycles. The smallest absolute Gasteiger partial charge is 0.287 e. The van der Waals surface area contributed by atoms with Crippen LogP contribution in [0.5, 0.6) is 28.7 Å². The van der Waals surface area contributed by atoms with E-state index in [1.165, 1.54) is 29.5 Å². The molecule has 6 aromatic rings. The summed E-state index contributed by atoms with van der Waals surface area (Å²) >= 11 is 0. The molecule has 12 heteroatoms. The molecule has 11 nitrogen and oxygen atoms in total. The average molecular weight is 718 g/mol. The molecule has 1 aliphatic heterocycles. The number of carbonyl (C=O) groups is 1. The van der Waals surface area contributed by atoms with E-state index in [1.807, 2.05) is 0 Å². The molecule has 1 aliphatic rings. The van der Waals surface area contributed by atoms with Crippen molar-refractivity contribution >= 4 is 33.5 Å². The lowest BCUT2D eigenvalue weighted by molar-refractivity contribution is 0.102. The van der Waals surface area contributed by atoms with Crippen LogP contribution < -0.4 is 29.8 Å². The van der Waals surface area contributed by atoms with E-state index < -0.39 is 17.3 Å². The Morgan fingerprint density at radius 2 is 1.68 bits per heavy atom. The van der Waals surface area contributed by atoms with E-state index in [0.29, 0.717) is 57.2 Å². The maximum atomic E-state index is 15.5. The molecule has 2 aromatic heterocycles. The number of anilines is 1. The van der Waals surface area contributed by atoms with E-state index in [9.17, 15) is 9.59 Å². The molecule has 4 aromatic carbocycles. The second-order valence-electron chi connectivity index (χ2n) is 13.0. The minimum absolute atomic E-state index is 0.0763. The molecule has 7 rings (SSSR count). The van der Waals surface area contributed by atoms with Crippen LogP contribution in [0.3, 0.4) is 0 Å². The number of ether oxygens (including phenoxy) is 4. The van der Waals surface area contributed by atoms with E-state index in [1.54, 1.807) is 87.1 Å². The molecule has 0 atom stereocenters. The maximum Gasteiger partial charge on any atom is 0.287 e. The lowest BCUT2D eigenvalue weighted by atomic mass is 9.99. The monoisotopic (exact) mass is 717 g/mol. The second-order valence-corrected chi connectivity index (χ2v) is 13.0. The van der Waals surface area contributed by atoms with Crippen LogP contribution in [-0.2, 0) is 0 Å². The molecule has 0 spiro atoms. The summed E-state index contributed by atoms with van der Waals surface area (Å²) in [5.74, 6) is 1.25. The Balaban J connectivity index is 1.07. The highest BCUT2D eigenvalue weighted by molar-refractivity contribution is 6.03. The number of hydrogen-bond acceptors (Lipinski definition) is 9. The van der Waals surface area contributed by atoms with Gasteiger partial charge < -0.3 is 29.2 Å². The van der Waals surface area contributed by atoms with Crippen LogP contribution in [0.4, 0.5) is 10.1 Å². The Kier molecular flexibility index (Phi) is 10.5. The van der Waals surface area contributed by atoms with Crippen molar-refractivity contribution in [2.45, 2.75) is 26.2 Å². The van der Waals surface area contributed by atoms with Crippen molar-refractivity contribution in [3.8, 4) is 34.4 Å². The summed E-state index contributed by atoms with van der Waals surface area (Å²) < 4.78 is 40.0. The summed E-state index contributed by atoms with van der Waals surface area (Å²) in [5, 5.41) is 3.21. The lowest BCUT2D eigenvalue weighted by Crippen LogP contribution is -2.34. The first kappa shape index (κ1) is 35.4. The topological polar surface area (TPSA) is 117 Å². The van der Waals surface area contributed by atoms with Gasteiger partial charge in [0.25, 0.3) is 11.5 Å². The van der Waals surface area contributed by atoms with Gasteiger partial charge in [-0.1, -0.05) is 19.1 Å². The van der Waals surface area contributed by atoms with E-state index in [4.69, 9.17) is 18.9 Å². The predicted molar refractivity (Wildman–Crippen MR) is 202 cm³/mol. The van der Waals surface area contributed by atoms with Crippen LogP contribution >= 0.6 is 0 Å². The molecular weight excluding hydrogens is 677 g/mol. The van der Waals surface area contributed by atoms with Gasteiger partial charge in [-0.2, -0.15) is 0 Å². The number of amides is 1. The number of rotatable bonds is 12. The van der Waals surface area contributed by atoms with E-state index in [-0.39, 0.29) is 17.1 Å². The quantitative estimate of drug-likeness (QED) is 0.128. The number of methoxy groups -OCH3 is 2. The Labute approximate surface area is 305 Å². The van der Waals surface area contributed by atoms with Gasteiger partial charge in [-0.3, -0.25) is 19.1 Å². The molecule has 1 saturated heterocycles. The number of likely N-dealkylation sites (tertiary alicyclic amines) is 1. The van der Waals surface area contributed by atoms with Gasteiger partial charge in [0.05, 0.1) is 37.4 Å². The summed E-state index contributed by atoms with van der Waals surface area (Å²) in [6, 6.07) is 23.1. The number of benzene rings is 4. The second kappa shape index (κ2) is 15.7. The number of halogens is 1. The Bertz CT molecular complexity index is 2320. The molecule has 1 fully saturated rings. The third-order valence-corrected chi connectivity index (χ3v) is 9.46. The minimum atomic E-state index is -0.789. The van der Waals surface area contributed by atoms with Crippen molar-refractivity contribution in [1.29, 1.82) is 0 Å². The first-order chi connectivity index (χ1) is 25.8. The van der Waals surface area contributed by atoms with Crippen molar-refractivity contribution < 1.29 is 28.1 Å². The fourth-order valence-electron chi connectivity index (χ4n) is 6.48. The molecule has 53 heavy (non-hydrogen) atoms. The van der Waals surface area contributed by atoms with Gasteiger partial charge in [0.2, 0.25) is 0 Å². The molecule has 272 valence electrons. The van der Waals surface area contributed by atoms with Gasteiger partial charge in [0.1, 0.15) is 11.5 Å². The number of fused-ring (bicyclic) bond motifs is 2. The highest BCUT2D eigenvalue weighted by atomic mass is 19.1. The fourth-order valence-corrected chi connectivity index (χ4v) is 6.48. The number of piperidine rings is 1. The molecule has 0 radical (unpaired) electrons. The number of carbonyl (C=O) groups excluding carboxylic acids is 1. The van der Waals surface area contributed by atoms with Gasteiger partial charge in [-0.15, -0.1) is 0 Å². The van der Waals surface area contributed by atoms with Gasteiger partial charge in [-0.25, -0.2) is 9.37 Å². The summed E-state index contributed by atoms with van der Waals surface area (Å²) in [6.45, 7) is 6.08. The van der Waals surface area contributed by atoms with Crippen LogP contribution in [0.1, 0.15) is 36.7 Å². The zero-order valence-electron chi connectivity index (χ0n) is 29.8. The van der Waals surface area contributed by atoms with Gasteiger partial charge in [0.15, 0.2) is 28.8 Å². The van der Waals surface area contributed by atoms with E-state index in [2.05, 4.69) is 27.1 Å². The highest BCUT2D eigenvalue weighted by Crippen LogP contribution is 2.38. The predicted octanol–water partition coefficient (Wildman–Crippen LogP) is 7.64. The van der Waals surface area contributed by atoms with Crippen LogP contribution in [0.25, 0.3) is 27.6 Å². The Morgan fingerprint density at radius 1 is 0.887 bits per heavy atom. The van der Waals surface area contributed by atoms with Gasteiger partial charge in [-0.05, 0) is 98.9 Å². The summed E-state index contributed by atoms with van der Waals surface area (Å²) in [7, 11) is 3.11. The lowest BCUT2D eigenvalue weighted by Gasteiger charge is -2.30. The third-order valence-electron chi connectivity index (χ3n) is 9.46. The van der Waals surface area contributed by atoms with Crippen molar-refractivity contribution in [3.63, 3.8) is 0 Å². The average Bonchev–Trinajstić information content (AvgIpc) is 3.18. The normalized spacial score (nSPS) is 13.6. The largest absolute Gasteiger partial charge is 0.497 e. The van der Waals surface area contributed by atoms with Gasteiger partial charge >= 0.3 is 0 Å².